The number of hydrogen-bond acceptors (Lipinski definition) is 0. The summed E-state index contributed by atoms with van der Waals surface area (Å²) in [6.07, 6.45) is -0.546. The molecule has 10 heavy (non-hydrogen) atoms. The van der Waals surface area contributed by atoms with Gasteiger partial charge in [-0.15, -0.1) is 0 Å². The van der Waals surface area contributed by atoms with E-state index in [9.17, 15) is 12.9 Å². The third kappa shape index (κ3) is 8.07. The molecule has 0 saturated heterocycles. The van der Waals surface area contributed by atoms with Crippen molar-refractivity contribution in [3.63, 3.8) is 0 Å². The molecule has 0 rings (SSSR count). The molecule has 0 N–H and O–H groups in total. The van der Waals surface area contributed by atoms with E-state index < -0.39 is 21.4 Å². The minimum Gasteiger partial charge on any atom is -0.449 e. The average molecular weight is 169 g/mol. The summed E-state index contributed by atoms with van der Waals surface area (Å²) >= 11 is 0. The van der Waals surface area contributed by atoms with Crippen molar-refractivity contribution in [2.45, 2.75) is 32.0 Å². The maximum atomic E-state index is 11.7. The molecule has 0 aromatic rings. The Morgan fingerprint density at radius 3 is 1.60 bits per heavy atom. The first-order chi connectivity index (χ1) is 4.21. The molecule has 0 spiro atoms. The first kappa shape index (κ1) is 10.1. The SMILES string of the molecule is C[Si](C)(C)CC[B-](F)(F)F. The average Bonchev–Trinajstić information content (AvgIpc) is 1.57. The maximum absolute atomic E-state index is 11.7. The van der Waals surface area contributed by atoms with Crippen LogP contribution in [0.25, 0.3) is 0 Å². The van der Waals surface area contributed by atoms with Gasteiger partial charge in [0, 0.05) is 8.07 Å². The summed E-state index contributed by atoms with van der Waals surface area (Å²) < 4.78 is 35.0. The van der Waals surface area contributed by atoms with Crippen LogP contribution in [0, 0.1) is 0 Å². The third-order valence-corrected chi connectivity index (χ3v) is 3.01. The van der Waals surface area contributed by atoms with Gasteiger partial charge in [-0.1, -0.05) is 32.0 Å². The third-order valence-electron chi connectivity index (χ3n) is 1.22. The molecular formula is C5H13BF3Si-. The van der Waals surface area contributed by atoms with Gasteiger partial charge in [-0.25, -0.2) is 0 Å². The predicted molar refractivity (Wildman–Crippen MR) is 42.0 cm³/mol. The van der Waals surface area contributed by atoms with E-state index >= 15 is 0 Å². The molecule has 0 heterocycles. The van der Waals surface area contributed by atoms with Crippen LogP contribution in [0.15, 0.2) is 0 Å². The standard InChI is InChI=1S/C5H13BF3Si/c1-10(2,3)5-4-6(7,8)9/h4-5H2,1-3H3/q-1. The second-order valence-electron chi connectivity index (χ2n) is 3.81. The van der Waals surface area contributed by atoms with Gasteiger partial charge >= 0.3 is 6.98 Å². The number of rotatable bonds is 3. The van der Waals surface area contributed by atoms with Crippen molar-refractivity contribution in [2.24, 2.45) is 0 Å². The first-order valence-corrected chi connectivity index (χ1v) is 7.12. The van der Waals surface area contributed by atoms with Gasteiger partial charge in [0.1, 0.15) is 0 Å². The molecule has 0 amide bonds. The van der Waals surface area contributed by atoms with Crippen LogP contribution in [0.2, 0.25) is 32.0 Å². The molecule has 62 valence electrons. The molecule has 0 radical (unpaired) electrons. The summed E-state index contributed by atoms with van der Waals surface area (Å²) in [5.41, 5.74) is 0. The fraction of sp³-hybridized carbons (Fsp3) is 1.00. The van der Waals surface area contributed by atoms with Crippen LogP contribution in [-0.4, -0.2) is 15.1 Å². The quantitative estimate of drug-likeness (QED) is 0.569. The Hall–Kier alpha value is 0.0718. The second kappa shape index (κ2) is 2.98. The van der Waals surface area contributed by atoms with Crippen molar-refractivity contribution in [2.75, 3.05) is 0 Å². The number of hydrogen-bond donors (Lipinski definition) is 0. The number of halogens is 3. The van der Waals surface area contributed by atoms with Crippen molar-refractivity contribution >= 4 is 15.1 Å². The normalized spacial score (nSPS) is 13.8. The second-order valence-corrected chi connectivity index (χ2v) is 9.43. The van der Waals surface area contributed by atoms with E-state index in [0.29, 0.717) is 6.04 Å². The van der Waals surface area contributed by atoms with Gasteiger partial charge in [0.05, 0.1) is 0 Å². The van der Waals surface area contributed by atoms with E-state index in [2.05, 4.69) is 0 Å². The highest BCUT2D eigenvalue weighted by molar-refractivity contribution is 6.77. The van der Waals surface area contributed by atoms with E-state index in [1.165, 1.54) is 0 Å². The Labute approximate surface area is 60.9 Å². The molecule has 0 saturated carbocycles. The van der Waals surface area contributed by atoms with Crippen molar-refractivity contribution in [1.82, 2.24) is 0 Å². The van der Waals surface area contributed by atoms with E-state index in [1.807, 2.05) is 19.6 Å². The van der Waals surface area contributed by atoms with Gasteiger partial charge in [0.15, 0.2) is 0 Å². The Balaban J connectivity index is 3.56. The fourth-order valence-electron chi connectivity index (χ4n) is 0.597. The fourth-order valence-corrected chi connectivity index (χ4v) is 1.79. The molecule has 0 aliphatic carbocycles. The lowest BCUT2D eigenvalue weighted by Crippen LogP contribution is -2.24. The summed E-state index contributed by atoms with van der Waals surface area (Å²) in [7, 11) is -1.47. The lowest BCUT2D eigenvalue weighted by Gasteiger charge is -2.20. The van der Waals surface area contributed by atoms with E-state index in [0.717, 1.165) is 0 Å². The van der Waals surface area contributed by atoms with E-state index in [-0.39, 0.29) is 0 Å². The smallest absolute Gasteiger partial charge is 0.449 e. The molecule has 0 aromatic heterocycles. The zero-order chi connectivity index (χ0) is 8.41. The van der Waals surface area contributed by atoms with Crippen LogP contribution >= 0.6 is 0 Å². The summed E-state index contributed by atoms with van der Waals surface area (Å²) in [6, 6.07) is 0.372. The predicted octanol–water partition coefficient (Wildman–Crippen LogP) is 3.17. The van der Waals surface area contributed by atoms with Gasteiger partial charge in [-0.3, -0.25) is 0 Å². The highest BCUT2D eigenvalue weighted by atomic mass is 28.3. The first-order valence-electron chi connectivity index (χ1n) is 3.42. The van der Waals surface area contributed by atoms with Crippen molar-refractivity contribution in [3.05, 3.63) is 0 Å². The summed E-state index contributed by atoms with van der Waals surface area (Å²) in [6.45, 7) is 1.33. The highest BCUT2D eigenvalue weighted by Crippen LogP contribution is 2.22. The summed E-state index contributed by atoms with van der Waals surface area (Å²) in [4.78, 5) is 0. The van der Waals surface area contributed by atoms with Crippen LogP contribution < -0.4 is 0 Å². The van der Waals surface area contributed by atoms with Gasteiger partial charge < -0.3 is 12.9 Å². The lowest BCUT2D eigenvalue weighted by molar-refractivity contribution is 0.472. The molecule has 0 aliphatic heterocycles. The van der Waals surface area contributed by atoms with Gasteiger partial charge in [-0.2, -0.15) is 0 Å². The van der Waals surface area contributed by atoms with Gasteiger partial charge in [-0.05, 0) is 0 Å². The highest BCUT2D eigenvalue weighted by Gasteiger charge is 2.25. The Bertz CT molecular complexity index is 90.4. The topological polar surface area (TPSA) is 0 Å². The monoisotopic (exact) mass is 169 g/mol. The Morgan fingerprint density at radius 2 is 1.50 bits per heavy atom. The van der Waals surface area contributed by atoms with Crippen LogP contribution in [0.5, 0.6) is 0 Å². The van der Waals surface area contributed by atoms with Gasteiger partial charge in [0.25, 0.3) is 0 Å². The zero-order valence-electron chi connectivity index (χ0n) is 6.63. The maximum Gasteiger partial charge on any atom is 0.478 e. The minimum absolute atomic E-state index is 0.372. The molecule has 0 bridgehead atoms. The van der Waals surface area contributed by atoms with Crippen LogP contribution in [0.1, 0.15) is 0 Å². The summed E-state index contributed by atoms with van der Waals surface area (Å²) in [5, 5.41) is 0. The molecule has 0 fully saturated rings. The minimum atomic E-state index is -4.53. The van der Waals surface area contributed by atoms with Crippen LogP contribution in [0.4, 0.5) is 12.9 Å². The summed E-state index contributed by atoms with van der Waals surface area (Å²) in [5.74, 6) is 0. The zero-order valence-corrected chi connectivity index (χ0v) is 7.63. The van der Waals surface area contributed by atoms with Crippen molar-refractivity contribution in [1.29, 1.82) is 0 Å². The van der Waals surface area contributed by atoms with E-state index in [4.69, 9.17) is 0 Å². The van der Waals surface area contributed by atoms with Gasteiger partial charge in [0.2, 0.25) is 0 Å². The van der Waals surface area contributed by atoms with Crippen LogP contribution in [0.3, 0.4) is 0 Å². The lowest BCUT2D eigenvalue weighted by atomic mass is 9.88. The molecular weight excluding hydrogens is 156 g/mol. The Kier molecular flexibility index (Phi) is 3.01. The molecule has 5 heteroatoms. The van der Waals surface area contributed by atoms with Crippen LogP contribution in [-0.2, 0) is 0 Å². The van der Waals surface area contributed by atoms with Crippen molar-refractivity contribution < 1.29 is 12.9 Å². The molecule has 0 aromatic carbocycles. The van der Waals surface area contributed by atoms with E-state index in [1.54, 1.807) is 0 Å². The Morgan fingerprint density at radius 1 is 1.10 bits per heavy atom. The van der Waals surface area contributed by atoms with Crippen molar-refractivity contribution in [3.8, 4) is 0 Å². The molecule has 0 nitrogen and oxygen atoms in total. The largest absolute Gasteiger partial charge is 0.478 e. The molecule has 0 aliphatic rings. The molecule has 0 unspecified atom stereocenters. The molecule has 0 atom stereocenters.